The van der Waals surface area contributed by atoms with Crippen LogP contribution in [0.5, 0.6) is 0 Å². The number of hydrogen-bond acceptors (Lipinski definition) is 5. The molecule has 3 rings (SSSR count). The topological polar surface area (TPSA) is 75.1 Å². The third-order valence-electron chi connectivity index (χ3n) is 5.04. The molecule has 5 nitrogen and oxygen atoms in total. The quantitative estimate of drug-likeness (QED) is 0.873. The molecule has 0 amide bonds. The van der Waals surface area contributed by atoms with E-state index in [1.807, 2.05) is 0 Å². The molecule has 1 unspecified atom stereocenters. The summed E-state index contributed by atoms with van der Waals surface area (Å²) in [6.45, 7) is 10.2. The third kappa shape index (κ3) is 2.99. The first-order chi connectivity index (χ1) is 11.1. The van der Waals surface area contributed by atoms with Crippen molar-refractivity contribution in [2.75, 3.05) is 5.32 Å². The average Bonchev–Trinajstić information content (AvgIpc) is 2.84. The van der Waals surface area contributed by atoms with E-state index in [1.54, 1.807) is 25.2 Å². The van der Waals surface area contributed by atoms with Crippen molar-refractivity contribution in [2.24, 2.45) is 11.3 Å². The van der Waals surface area contributed by atoms with E-state index in [0.29, 0.717) is 17.2 Å². The summed E-state index contributed by atoms with van der Waals surface area (Å²) in [7, 11) is 0. The Morgan fingerprint density at radius 1 is 1.29 bits per heavy atom. The molecule has 1 aliphatic carbocycles. The van der Waals surface area contributed by atoms with Gasteiger partial charge in [-0.3, -0.25) is 0 Å². The first-order valence-corrected chi connectivity index (χ1v) is 9.18. The molecule has 130 valence electrons. The summed E-state index contributed by atoms with van der Waals surface area (Å²) in [6, 6.07) is 0. The maximum atomic E-state index is 11.4. The van der Waals surface area contributed by atoms with Gasteiger partial charge in [-0.25, -0.2) is 14.8 Å². The monoisotopic (exact) mass is 347 g/mol. The Labute approximate surface area is 146 Å². The van der Waals surface area contributed by atoms with E-state index in [9.17, 15) is 9.90 Å². The van der Waals surface area contributed by atoms with Gasteiger partial charge in [-0.1, -0.05) is 20.8 Å². The van der Waals surface area contributed by atoms with E-state index >= 15 is 0 Å². The normalized spacial score (nSPS) is 18.5. The lowest BCUT2D eigenvalue weighted by molar-refractivity contribution is -0.141. The maximum absolute atomic E-state index is 11.4. The highest BCUT2D eigenvalue weighted by molar-refractivity contribution is 7.19. The number of aromatic nitrogens is 2. The van der Waals surface area contributed by atoms with E-state index in [1.165, 1.54) is 16.8 Å². The van der Waals surface area contributed by atoms with Crippen molar-refractivity contribution in [1.82, 2.24) is 9.97 Å². The number of aliphatic carboxylic acids is 1. The molecule has 2 aromatic heterocycles. The van der Waals surface area contributed by atoms with Crippen molar-refractivity contribution in [2.45, 2.75) is 59.4 Å². The predicted octanol–water partition coefficient (Wildman–Crippen LogP) is 4.12. The Morgan fingerprint density at radius 2 is 2.00 bits per heavy atom. The van der Waals surface area contributed by atoms with Gasteiger partial charge in [0.2, 0.25) is 0 Å². The van der Waals surface area contributed by atoms with Crippen LogP contribution in [0.4, 0.5) is 5.82 Å². The number of carboxylic acid groups (broad SMARTS) is 1. The van der Waals surface area contributed by atoms with E-state index in [0.717, 1.165) is 29.5 Å². The lowest BCUT2D eigenvalue weighted by Crippen LogP contribution is -2.40. The zero-order chi connectivity index (χ0) is 17.7. The van der Waals surface area contributed by atoms with Crippen LogP contribution in [0.15, 0.2) is 6.33 Å². The number of hydrogen-bond donors (Lipinski definition) is 2. The van der Waals surface area contributed by atoms with Crippen LogP contribution in [0.3, 0.4) is 0 Å². The molecule has 0 saturated carbocycles. The Balaban J connectivity index is 2.03. The van der Waals surface area contributed by atoms with Gasteiger partial charge in [0.25, 0.3) is 0 Å². The van der Waals surface area contributed by atoms with E-state index in [4.69, 9.17) is 0 Å². The molecule has 1 aliphatic rings. The fraction of sp³-hybridized carbons (Fsp3) is 0.611. The maximum Gasteiger partial charge on any atom is 0.328 e. The van der Waals surface area contributed by atoms with Gasteiger partial charge in [-0.15, -0.1) is 11.3 Å². The summed E-state index contributed by atoms with van der Waals surface area (Å²) < 4.78 is 0. The predicted molar refractivity (Wildman–Crippen MR) is 97.7 cm³/mol. The highest BCUT2D eigenvalue weighted by Gasteiger charge is 2.33. The van der Waals surface area contributed by atoms with Crippen molar-refractivity contribution in [3.63, 3.8) is 0 Å². The highest BCUT2D eigenvalue weighted by atomic mass is 32.1. The molecule has 0 bridgehead atoms. The summed E-state index contributed by atoms with van der Waals surface area (Å²) in [4.78, 5) is 22.5. The molecular formula is C18H25N3O2S. The zero-order valence-electron chi connectivity index (χ0n) is 14.9. The molecule has 6 heteroatoms. The minimum absolute atomic E-state index is 0.298. The summed E-state index contributed by atoms with van der Waals surface area (Å²) >= 11 is 1.73. The molecule has 0 spiro atoms. The first-order valence-electron chi connectivity index (χ1n) is 8.36. The average molecular weight is 347 g/mol. The Morgan fingerprint density at radius 3 is 2.62 bits per heavy atom. The zero-order valence-corrected chi connectivity index (χ0v) is 15.8. The Hall–Kier alpha value is -1.69. The van der Waals surface area contributed by atoms with Crippen molar-refractivity contribution in [1.29, 1.82) is 0 Å². The van der Waals surface area contributed by atoms with Gasteiger partial charge in [-0.05, 0) is 50.0 Å². The number of rotatable bonds is 3. The van der Waals surface area contributed by atoms with Gasteiger partial charge < -0.3 is 10.4 Å². The fourth-order valence-corrected chi connectivity index (χ4v) is 4.56. The number of fused-ring (bicyclic) bond motifs is 3. The summed E-state index contributed by atoms with van der Waals surface area (Å²) in [5.74, 6) is 0.406. The van der Waals surface area contributed by atoms with Crippen LogP contribution < -0.4 is 5.32 Å². The number of carbonyl (C=O) groups is 1. The Kier molecular flexibility index (Phi) is 4.06. The van der Waals surface area contributed by atoms with Crippen molar-refractivity contribution < 1.29 is 9.90 Å². The summed E-state index contributed by atoms with van der Waals surface area (Å²) in [5.41, 5.74) is 0.532. The van der Waals surface area contributed by atoms with Crippen molar-refractivity contribution in [3.05, 3.63) is 16.8 Å². The van der Waals surface area contributed by atoms with Crippen LogP contribution in [-0.2, 0) is 17.6 Å². The van der Waals surface area contributed by atoms with Crippen LogP contribution in [-0.4, -0.2) is 26.6 Å². The number of nitrogens with one attached hydrogen (secondary N) is 1. The van der Waals surface area contributed by atoms with E-state index in [-0.39, 0.29) is 0 Å². The lowest BCUT2D eigenvalue weighted by Gasteiger charge is -2.33. The molecule has 0 aromatic carbocycles. The minimum Gasteiger partial charge on any atom is -0.480 e. The third-order valence-corrected chi connectivity index (χ3v) is 6.20. The number of aryl methyl sites for hydroxylation is 1. The molecule has 2 N–H and O–H groups in total. The Bertz CT molecular complexity index is 789. The van der Waals surface area contributed by atoms with E-state index in [2.05, 4.69) is 36.1 Å². The van der Waals surface area contributed by atoms with Crippen molar-refractivity contribution >= 4 is 33.3 Å². The fourth-order valence-electron chi connectivity index (χ4n) is 3.29. The van der Waals surface area contributed by atoms with E-state index < -0.39 is 11.5 Å². The molecule has 0 fully saturated rings. The standard InChI is InChI=1S/C18H25N3O2S/c1-17(2,3)10-6-7-11-12(8-10)24-15-13(11)14(19-9-20-15)21-18(4,5)16(22)23/h9-10H,6-8H2,1-5H3,(H,22,23)(H,19,20,21). The number of thiophene rings is 1. The summed E-state index contributed by atoms with van der Waals surface area (Å²) in [6.07, 6.45) is 4.75. The van der Waals surface area contributed by atoms with Gasteiger partial charge in [0.1, 0.15) is 22.5 Å². The second-order valence-electron chi connectivity index (χ2n) is 8.27. The molecule has 2 heterocycles. The van der Waals surface area contributed by atoms with Crippen LogP contribution >= 0.6 is 11.3 Å². The van der Waals surface area contributed by atoms with Gasteiger partial charge in [0.05, 0.1) is 5.39 Å². The molecule has 24 heavy (non-hydrogen) atoms. The molecule has 0 radical (unpaired) electrons. The summed E-state index contributed by atoms with van der Waals surface area (Å²) in [5, 5.41) is 13.5. The second-order valence-corrected chi connectivity index (χ2v) is 9.35. The van der Waals surface area contributed by atoms with Crippen LogP contribution in [0.25, 0.3) is 10.2 Å². The van der Waals surface area contributed by atoms with Gasteiger partial charge >= 0.3 is 5.97 Å². The molecule has 2 aromatic rings. The van der Waals surface area contributed by atoms with Gasteiger partial charge in [-0.2, -0.15) is 0 Å². The van der Waals surface area contributed by atoms with Crippen molar-refractivity contribution in [3.8, 4) is 0 Å². The van der Waals surface area contributed by atoms with Gasteiger partial charge in [0.15, 0.2) is 0 Å². The lowest BCUT2D eigenvalue weighted by atomic mass is 9.72. The van der Waals surface area contributed by atoms with Crippen LogP contribution in [0.1, 0.15) is 51.5 Å². The molecule has 0 aliphatic heterocycles. The SMILES string of the molecule is CC(C)(Nc1ncnc2sc3c(c12)CCC(C(C)(C)C)C3)C(=O)O. The second kappa shape index (κ2) is 5.69. The molecule has 1 atom stereocenters. The largest absolute Gasteiger partial charge is 0.480 e. The number of nitrogens with zero attached hydrogens (tertiary/aromatic N) is 2. The highest BCUT2D eigenvalue weighted by Crippen LogP contribution is 2.44. The van der Waals surface area contributed by atoms with Crippen LogP contribution in [0, 0.1) is 11.3 Å². The first kappa shape index (κ1) is 17.1. The number of anilines is 1. The van der Waals surface area contributed by atoms with Crippen LogP contribution in [0.2, 0.25) is 0 Å². The molecule has 0 saturated heterocycles. The van der Waals surface area contributed by atoms with Gasteiger partial charge in [0, 0.05) is 4.88 Å². The minimum atomic E-state index is -1.07. The molecular weight excluding hydrogens is 322 g/mol. The smallest absolute Gasteiger partial charge is 0.328 e. The number of carboxylic acids is 1.